The highest BCUT2D eigenvalue weighted by molar-refractivity contribution is 4.79. The molecule has 1 atom stereocenters. The van der Waals surface area contributed by atoms with Crippen molar-refractivity contribution in [3.8, 4) is 0 Å². The van der Waals surface area contributed by atoms with E-state index in [0.717, 1.165) is 12.8 Å². The molecule has 0 saturated heterocycles. The van der Waals surface area contributed by atoms with Crippen molar-refractivity contribution in [2.24, 2.45) is 5.92 Å². The molecular formula is C11H23O. The second kappa shape index (κ2) is 4.86. The van der Waals surface area contributed by atoms with E-state index in [0.29, 0.717) is 12.0 Å². The normalized spacial score (nSPS) is 13.0. The van der Waals surface area contributed by atoms with Gasteiger partial charge in [-0.05, 0) is 40.0 Å². The molecule has 12 heavy (non-hydrogen) atoms. The van der Waals surface area contributed by atoms with Crippen molar-refractivity contribution in [1.29, 1.82) is 0 Å². The Balaban J connectivity index is 4.14. The molecule has 0 aliphatic heterocycles. The van der Waals surface area contributed by atoms with Crippen molar-refractivity contribution < 1.29 is 4.74 Å². The fourth-order valence-corrected chi connectivity index (χ4v) is 1.75. The van der Waals surface area contributed by atoms with Gasteiger partial charge in [-0.3, -0.25) is 0 Å². The van der Waals surface area contributed by atoms with Gasteiger partial charge in [-0.25, -0.2) is 0 Å². The van der Waals surface area contributed by atoms with Crippen molar-refractivity contribution in [2.45, 2.75) is 59.2 Å². The molecule has 0 aliphatic rings. The molecule has 1 radical (unpaired) electrons. The van der Waals surface area contributed by atoms with E-state index < -0.39 is 0 Å². The van der Waals surface area contributed by atoms with Crippen LogP contribution in [-0.2, 0) is 4.74 Å². The van der Waals surface area contributed by atoms with Crippen LogP contribution < -0.4 is 0 Å². The van der Waals surface area contributed by atoms with Crippen molar-refractivity contribution in [1.82, 2.24) is 0 Å². The van der Waals surface area contributed by atoms with Crippen molar-refractivity contribution in [2.75, 3.05) is 0 Å². The molecule has 0 N–H and O–H groups in total. The van der Waals surface area contributed by atoms with Gasteiger partial charge in [0.15, 0.2) is 0 Å². The Hall–Kier alpha value is -0.0400. The first-order valence-corrected chi connectivity index (χ1v) is 4.91. The van der Waals surface area contributed by atoms with E-state index in [1.807, 2.05) is 0 Å². The molecule has 1 unspecified atom stereocenters. The van der Waals surface area contributed by atoms with Gasteiger partial charge in [0.1, 0.15) is 0 Å². The third kappa shape index (κ3) is 3.57. The summed E-state index contributed by atoms with van der Waals surface area (Å²) in [6.45, 7) is 14.6. The van der Waals surface area contributed by atoms with Crippen LogP contribution in [0.5, 0.6) is 0 Å². The van der Waals surface area contributed by atoms with Crippen LogP contribution in [0.3, 0.4) is 0 Å². The average Bonchev–Trinajstić information content (AvgIpc) is 1.85. The first kappa shape index (κ1) is 12.0. The maximum atomic E-state index is 5.84. The predicted molar refractivity (Wildman–Crippen MR) is 54.1 cm³/mol. The predicted octanol–water partition coefficient (Wildman–Crippen LogP) is 3.44. The summed E-state index contributed by atoms with van der Waals surface area (Å²) >= 11 is 0. The van der Waals surface area contributed by atoms with Gasteiger partial charge >= 0.3 is 0 Å². The first-order valence-electron chi connectivity index (χ1n) is 4.91. The number of hydrogen-bond donors (Lipinski definition) is 0. The Kier molecular flexibility index (Phi) is 4.84. The summed E-state index contributed by atoms with van der Waals surface area (Å²) in [5, 5.41) is 0. The standard InChI is InChI=1S/C11H23O/c1-7-10(8-2)11(5,6)12-9(3)4/h9-10H,1,7-8H2,2-6H3. The highest BCUT2D eigenvalue weighted by Gasteiger charge is 2.28. The summed E-state index contributed by atoms with van der Waals surface area (Å²) in [4.78, 5) is 0. The van der Waals surface area contributed by atoms with E-state index in [-0.39, 0.29) is 5.60 Å². The minimum Gasteiger partial charge on any atom is -0.373 e. The van der Waals surface area contributed by atoms with E-state index in [1.165, 1.54) is 0 Å². The SMILES string of the molecule is [CH2]CC(CC)C(C)(C)OC(C)C. The van der Waals surface area contributed by atoms with Gasteiger partial charge in [0.25, 0.3) is 0 Å². The molecule has 1 heteroatoms. The van der Waals surface area contributed by atoms with Crippen LogP contribution >= 0.6 is 0 Å². The molecule has 0 amide bonds. The third-order valence-corrected chi connectivity index (χ3v) is 2.36. The van der Waals surface area contributed by atoms with Gasteiger partial charge in [-0.1, -0.05) is 20.3 Å². The smallest absolute Gasteiger partial charge is 0.0657 e. The van der Waals surface area contributed by atoms with E-state index >= 15 is 0 Å². The Labute approximate surface area is 77.5 Å². The lowest BCUT2D eigenvalue weighted by atomic mass is 9.86. The molecule has 0 fully saturated rings. The lowest BCUT2D eigenvalue weighted by molar-refractivity contribution is -0.0925. The van der Waals surface area contributed by atoms with Gasteiger partial charge in [-0.15, -0.1) is 0 Å². The summed E-state index contributed by atoms with van der Waals surface area (Å²) in [6, 6.07) is 0. The van der Waals surface area contributed by atoms with Gasteiger partial charge in [0.05, 0.1) is 11.7 Å². The molecule has 0 spiro atoms. The van der Waals surface area contributed by atoms with Crippen molar-refractivity contribution in [3.05, 3.63) is 6.92 Å². The lowest BCUT2D eigenvalue weighted by Gasteiger charge is -2.35. The zero-order valence-corrected chi connectivity index (χ0v) is 9.18. The van der Waals surface area contributed by atoms with E-state index in [1.54, 1.807) is 0 Å². The Morgan fingerprint density at radius 1 is 1.33 bits per heavy atom. The van der Waals surface area contributed by atoms with Crippen LogP contribution in [0.4, 0.5) is 0 Å². The fraction of sp³-hybridized carbons (Fsp3) is 0.909. The number of ether oxygens (including phenoxy) is 1. The van der Waals surface area contributed by atoms with Crippen molar-refractivity contribution in [3.63, 3.8) is 0 Å². The molecular weight excluding hydrogens is 148 g/mol. The van der Waals surface area contributed by atoms with Crippen LogP contribution in [0.15, 0.2) is 0 Å². The molecule has 0 aromatic carbocycles. The first-order chi connectivity index (χ1) is 5.44. The molecule has 73 valence electrons. The number of hydrogen-bond acceptors (Lipinski definition) is 1. The van der Waals surface area contributed by atoms with Crippen molar-refractivity contribution >= 4 is 0 Å². The fourth-order valence-electron chi connectivity index (χ4n) is 1.75. The van der Waals surface area contributed by atoms with Crippen LogP contribution in [0.25, 0.3) is 0 Å². The molecule has 0 saturated carbocycles. The van der Waals surface area contributed by atoms with Crippen LogP contribution in [0.1, 0.15) is 47.5 Å². The molecule has 1 nitrogen and oxygen atoms in total. The third-order valence-electron chi connectivity index (χ3n) is 2.36. The largest absolute Gasteiger partial charge is 0.373 e. The van der Waals surface area contributed by atoms with Gasteiger partial charge < -0.3 is 4.74 Å². The highest BCUT2D eigenvalue weighted by atomic mass is 16.5. The maximum Gasteiger partial charge on any atom is 0.0657 e. The zero-order chi connectivity index (χ0) is 9.78. The average molecular weight is 171 g/mol. The molecule has 0 rings (SSSR count). The maximum absolute atomic E-state index is 5.84. The van der Waals surface area contributed by atoms with Gasteiger partial charge in [-0.2, -0.15) is 0 Å². The van der Waals surface area contributed by atoms with Crippen LogP contribution in [0, 0.1) is 12.8 Å². The summed E-state index contributed by atoms with van der Waals surface area (Å²) in [5.41, 5.74) is -0.0231. The molecule has 0 aliphatic carbocycles. The van der Waals surface area contributed by atoms with Gasteiger partial charge in [0.2, 0.25) is 0 Å². The summed E-state index contributed by atoms with van der Waals surface area (Å²) in [6.07, 6.45) is 2.40. The minimum atomic E-state index is -0.0231. The quantitative estimate of drug-likeness (QED) is 0.615. The molecule has 0 bridgehead atoms. The van der Waals surface area contributed by atoms with E-state index in [2.05, 4.69) is 41.5 Å². The summed E-state index contributed by atoms with van der Waals surface area (Å²) in [5.74, 6) is 0.569. The van der Waals surface area contributed by atoms with Gasteiger partial charge in [0, 0.05) is 0 Å². The monoisotopic (exact) mass is 171 g/mol. The van der Waals surface area contributed by atoms with E-state index in [9.17, 15) is 0 Å². The van der Waals surface area contributed by atoms with Crippen LogP contribution in [-0.4, -0.2) is 11.7 Å². The Morgan fingerprint density at radius 3 is 2.08 bits per heavy atom. The zero-order valence-electron chi connectivity index (χ0n) is 9.18. The number of rotatable bonds is 5. The molecule has 0 heterocycles. The van der Waals surface area contributed by atoms with Crippen LogP contribution in [0.2, 0.25) is 0 Å². The minimum absolute atomic E-state index is 0.0231. The second-order valence-electron chi connectivity index (χ2n) is 4.16. The Bertz CT molecular complexity index is 112. The molecule has 0 aromatic heterocycles. The summed E-state index contributed by atoms with van der Waals surface area (Å²) < 4.78 is 5.84. The topological polar surface area (TPSA) is 9.23 Å². The second-order valence-corrected chi connectivity index (χ2v) is 4.16. The Morgan fingerprint density at radius 2 is 1.83 bits per heavy atom. The lowest BCUT2D eigenvalue weighted by Crippen LogP contribution is -2.36. The molecule has 0 aromatic rings. The van der Waals surface area contributed by atoms with E-state index in [4.69, 9.17) is 4.74 Å². The highest BCUT2D eigenvalue weighted by Crippen LogP contribution is 2.28. The summed E-state index contributed by atoms with van der Waals surface area (Å²) in [7, 11) is 0.